The van der Waals surface area contributed by atoms with Crippen molar-refractivity contribution in [2.45, 2.75) is 11.8 Å². The summed E-state index contributed by atoms with van der Waals surface area (Å²) in [7, 11) is 6.38. The third-order valence-corrected chi connectivity index (χ3v) is 4.11. The van der Waals surface area contributed by atoms with E-state index < -0.39 is 5.41 Å². The molecule has 0 aliphatic carbocycles. The molecule has 2 N–H and O–H groups in total. The molecule has 2 aromatic carbocycles. The number of carbonyl (C=O) groups is 1. The van der Waals surface area contributed by atoms with Crippen molar-refractivity contribution in [3.05, 3.63) is 71.8 Å². The normalized spacial score (nSPS) is 12.1. The Morgan fingerprint density at radius 3 is 1.64 bits per heavy atom. The fourth-order valence-electron chi connectivity index (χ4n) is 2.81. The summed E-state index contributed by atoms with van der Waals surface area (Å²) >= 11 is 0. The highest BCUT2D eigenvalue weighted by molar-refractivity contribution is 5.90. The average Bonchev–Trinajstić information content (AvgIpc) is 2.49. The highest BCUT2D eigenvalue weighted by Crippen LogP contribution is 2.36. The van der Waals surface area contributed by atoms with Crippen molar-refractivity contribution in [1.82, 2.24) is 0 Å². The fourth-order valence-corrected chi connectivity index (χ4v) is 2.81. The zero-order valence-corrected chi connectivity index (χ0v) is 13.6. The van der Waals surface area contributed by atoms with Crippen LogP contribution in [0.25, 0.3) is 0 Å². The molecule has 0 radical (unpaired) electrons. The Labute approximate surface area is 133 Å². The summed E-state index contributed by atoms with van der Waals surface area (Å²) in [6, 6.07) is 19.7. The topological polar surface area (TPSA) is 43.1 Å². The van der Waals surface area contributed by atoms with Crippen molar-refractivity contribution in [3.63, 3.8) is 0 Å². The Morgan fingerprint density at radius 1 is 0.909 bits per heavy atom. The molecule has 3 nitrogen and oxygen atoms in total. The molecule has 0 aromatic heterocycles. The van der Waals surface area contributed by atoms with Crippen molar-refractivity contribution in [2.75, 3.05) is 27.7 Å². The van der Waals surface area contributed by atoms with E-state index in [-0.39, 0.29) is 5.91 Å². The van der Waals surface area contributed by atoms with E-state index in [1.165, 1.54) is 0 Å². The van der Waals surface area contributed by atoms with Crippen LogP contribution in [0.1, 0.15) is 17.5 Å². The number of nitrogens with zero attached hydrogens (tertiary/aromatic N) is 1. The van der Waals surface area contributed by atoms with E-state index >= 15 is 0 Å². The van der Waals surface area contributed by atoms with Crippen molar-refractivity contribution in [1.29, 1.82) is 0 Å². The predicted octanol–water partition coefficient (Wildman–Crippen LogP) is 2.55. The first-order valence-electron chi connectivity index (χ1n) is 7.58. The smallest absolute Gasteiger partial charge is 0.232 e. The van der Waals surface area contributed by atoms with Gasteiger partial charge in [0.2, 0.25) is 5.91 Å². The summed E-state index contributed by atoms with van der Waals surface area (Å²) < 4.78 is 0.786. The second kappa shape index (κ2) is 6.32. The molecule has 0 aliphatic rings. The van der Waals surface area contributed by atoms with E-state index in [0.717, 1.165) is 22.2 Å². The lowest BCUT2D eigenvalue weighted by Gasteiger charge is -2.35. The Bertz CT molecular complexity index is 575. The molecule has 116 valence electrons. The maximum absolute atomic E-state index is 12.6. The summed E-state index contributed by atoms with van der Waals surface area (Å²) in [4.78, 5) is 12.6. The molecule has 3 heteroatoms. The van der Waals surface area contributed by atoms with Gasteiger partial charge < -0.3 is 10.2 Å². The molecule has 0 spiro atoms. The van der Waals surface area contributed by atoms with Crippen LogP contribution in [0.15, 0.2) is 60.7 Å². The van der Waals surface area contributed by atoms with Crippen LogP contribution in [0, 0.1) is 0 Å². The van der Waals surface area contributed by atoms with Crippen molar-refractivity contribution >= 4 is 5.91 Å². The van der Waals surface area contributed by atoms with Gasteiger partial charge in [-0.1, -0.05) is 60.7 Å². The first-order chi connectivity index (χ1) is 10.4. The van der Waals surface area contributed by atoms with Gasteiger partial charge in [0.15, 0.2) is 0 Å². The average molecular weight is 297 g/mol. The zero-order chi connectivity index (χ0) is 16.2. The second-order valence-corrected chi connectivity index (χ2v) is 6.77. The lowest BCUT2D eigenvalue weighted by Crippen LogP contribution is -2.47. The van der Waals surface area contributed by atoms with E-state index in [1.54, 1.807) is 0 Å². The Balaban J connectivity index is 2.58. The van der Waals surface area contributed by atoms with Crippen molar-refractivity contribution in [2.24, 2.45) is 5.73 Å². The van der Waals surface area contributed by atoms with Gasteiger partial charge in [0.05, 0.1) is 27.7 Å². The van der Waals surface area contributed by atoms with Gasteiger partial charge in [-0.2, -0.15) is 0 Å². The molecule has 0 aliphatic heterocycles. The van der Waals surface area contributed by atoms with E-state index in [9.17, 15) is 4.79 Å². The second-order valence-electron chi connectivity index (χ2n) is 6.77. The van der Waals surface area contributed by atoms with Crippen LogP contribution in [0.2, 0.25) is 0 Å². The molecule has 2 rings (SSSR count). The fraction of sp³-hybridized carbons (Fsp3) is 0.316. The molecule has 0 heterocycles. The van der Waals surface area contributed by atoms with Gasteiger partial charge in [-0.15, -0.1) is 0 Å². The summed E-state index contributed by atoms with van der Waals surface area (Å²) in [5.74, 6) is -0.293. The number of rotatable bonds is 6. The van der Waals surface area contributed by atoms with Crippen LogP contribution in [0.3, 0.4) is 0 Å². The Morgan fingerprint density at radius 2 is 1.32 bits per heavy atom. The predicted molar refractivity (Wildman–Crippen MR) is 90.4 cm³/mol. The third-order valence-electron chi connectivity index (χ3n) is 4.11. The van der Waals surface area contributed by atoms with Crippen molar-refractivity contribution < 1.29 is 9.28 Å². The number of nitrogens with two attached hydrogens (primary N) is 1. The van der Waals surface area contributed by atoms with Gasteiger partial charge in [0.25, 0.3) is 0 Å². The molecule has 0 atom stereocenters. The number of quaternary nitrogens is 1. The lowest BCUT2D eigenvalue weighted by molar-refractivity contribution is -0.870. The summed E-state index contributed by atoms with van der Waals surface area (Å²) in [5.41, 5.74) is 7.06. The molecular weight excluding hydrogens is 272 g/mol. The van der Waals surface area contributed by atoms with Crippen LogP contribution in [0.4, 0.5) is 0 Å². The first kappa shape index (κ1) is 16.2. The van der Waals surface area contributed by atoms with Gasteiger partial charge in [0, 0.05) is 6.42 Å². The van der Waals surface area contributed by atoms with Crippen LogP contribution >= 0.6 is 0 Å². The van der Waals surface area contributed by atoms with Gasteiger partial charge in [-0.25, -0.2) is 0 Å². The van der Waals surface area contributed by atoms with E-state index in [0.29, 0.717) is 6.42 Å². The third kappa shape index (κ3) is 3.37. The maximum atomic E-state index is 12.6. The van der Waals surface area contributed by atoms with E-state index in [1.807, 2.05) is 60.7 Å². The molecule has 0 saturated heterocycles. The van der Waals surface area contributed by atoms with Gasteiger partial charge in [-0.05, 0) is 11.1 Å². The van der Waals surface area contributed by atoms with E-state index in [4.69, 9.17) is 5.73 Å². The maximum Gasteiger partial charge on any atom is 0.232 e. The first-order valence-corrected chi connectivity index (χ1v) is 7.58. The standard InChI is InChI=1S/C19H24N2O/c1-21(2,3)15-14-19(18(20)22,16-10-6-4-7-11-16)17-12-8-5-9-13-17/h4-13H,14-15H2,1-3H3,(H-,20,22)/p+1. The quantitative estimate of drug-likeness (QED) is 0.818. The minimum absolute atomic E-state index is 0.293. The molecule has 1 amide bonds. The summed E-state index contributed by atoms with van der Waals surface area (Å²) in [6.07, 6.45) is 0.680. The number of hydrogen-bond acceptors (Lipinski definition) is 1. The molecular formula is C19H25N2O+. The molecule has 22 heavy (non-hydrogen) atoms. The zero-order valence-electron chi connectivity index (χ0n) is 13.6. The van der Waals surface area contributed by atoms with Crippen LogP contribution in [-0.2, 0) is 10.2 Å². The molecule has 0 bridgehead atoms. The number of amides is 1. The van der Waals surface area contributed by atoms with Gasteiger partial charge in [0.1, 0.15) is 5.41 Å². The van der Waals surface area contributed by atoms with Gasteiger partial charge in [-0.3, -0.25) is 4.79 Å². The number of primary amides is 1. The van der Waals surface area contributed by atoms with Crippen LogP contribution in [0.5, 0.6) is 0 Å². The van der Waals surface area contributed by atoms with Crippen LogP contribution in [-0.4, -0.2) is 38.1 Å². The minimum Gasteiger partial charge on any atom is -0.369 e. The molecule has 0 fully saturated rings. The van der Waals surface area contributed by atoms with E-state index in [2.05, 4.69) is 21.1 Å². The molecule has 2 aromatic rings. The molecule has 0 unspecified atom stereocenters. The highest BCUT2D eigenvalue weighted by Gasteiger charge is 2.41. The molecule has 0 saturated carbocycles. The Kier molecular flexibility index (Phi) is 4.67. The number of hydrogen-bond donors (Lipinski definition) is 1. The summed E-state index contributed by atoms with van der Waals surface area (Å²) in [6.45, 7) is 0.854. The SMILES string of the molecule is C[N+](C)(C)CCC(C(N)=O)(c1ccccc1)c1ccccc1. The highest BCUT2D eigenvalue weighted by atomic mass is 16.1. The monoisotopic (exact) mass is 297 g/mol. The number of benzene rings is 2. The van der Waals surface area contributed by atoms with Crippen LogP contribution < -0.4 is 5.73 Å². The summed E-state index contributed by atoms with van der Waals surface area (Å²) in [5, 5.41) is 0. The largest absolute Gasteiger partial charge is 0.369 e. The number of carbonyl (C=O) groups excluding carboxylic acids is 1. The minimum atomic E-state index is -0.784. The van der Waals surface area contributed by atoms with Gasteiger partial charge >= 0.3 is 0 Å². The Hall–Kier alpha value is -2.13. The lowest BCUT2D eigenvalue weighted by atomic mass is 9.71. The van der Waals surface area contributed by atoms with Crippen molar-refractivity contribution in [3.8, 4) is 0 Å².